The number of nitrogens with zero attached hydrogens (tertiary/aromatic N) is 2. The summed E-state index contributed by atoms with van der Waals surface area (Å²) in [4.78, 5) is 36.5. The molecule has 1 aromatic heterocycles. The van der Waals surface area contributed by atoms with Crippen molar-refractivity contribution < 1.29 is 67.6 Å². The lowest BCUT2D eigenvalue weighted by molar-refractivity contribution is -0.278. The number of hydrogen-bond acceptors (Lipinski definition) is 16. The molecule has 1 fully saturated rings. The van der Waals surface area contributed by atoms with E-state index in [-0.39, 0.29) is 5.82 Å². The minimum Gasteiger partial charge on any atom is -0.754 e. The summed E-state index contributed by atoms with van der Waals surface area (Å²) in [5.41, 5.74) is 2.33. The summed E-state index contributed by atoms with van der Waals surface area (Å²) < 4.78 is 45.7. The van der Waals surface area contributed by atoms with Gasteiger partial charge < -0.3 is 50.3 Å². The smallest absolute Gasteiger partial charge is 0.499 e. The molecule has 2 heterocycles. The fourth-order valence-corrected chi connectivity index (χ4v) is 3.87. The molecule has 34 heavy (non-hydrogen) atoms. The largest absolute Gasteiger partial charge is 0.754 e. The van der Waals surface area contributed by atoms with E-state index in [1.54, 1.807) is 0 Å². The zero-order valence-electron chi connectivity index (χ0n) is 17.4. The third-order valence-electron chi connectivity index (χ3n) is 4.51. The monoisotopic (exact) mass is 536 g/mol. The van der Waals surface area contributed by atoms with Crippen molar-refractivity contribution in [2.75, 3.05) is 25.6 Å². The molecule has 2 unspecified atom stereocenters. The van der Waals surface area contributed by atoms with E-state index in [0.29, 0.717) is 0 Å². The first-order valence-corrected chi connectivity index (χ1v) is 12.2. The zero-order valence-corrected chi connectivity index (χ0v) is 19.2. The first kappa shape index (κ1) is 28.9. The lowest BCUT2D eigenvalue weighted by Gasteiger charge is -2.29. The maximum Gasteiger partial charge on any atom is 0.499 e. The van der Waals surface area contributed by atoms with Crippen LogP contribution in [-0.4, -0.2) is 89.8 Å². The molecule has 0 spiro atoms. The molecule has 0 saturated carbocycles. The van der Waals surface area contributed by atoms with Crippen LogP contribution >= 0.6 is 15.6 Å². The molecule has 1 aromatic rings. The molecule has 0 aliphatic carbocycles. The number of aliphatic hydroxyl groups is 5. The minimum atomic E-state index is -5.47. The quantitative estimate of drug-likeness (QED) is 0.0763. The lowest BCUT2D eigenvalue weighted by atomic mass is 10.0. The molecule has 8 N–H and O–H groups in total. The van der Waals surface area contributed by atoms with E-state index in [2.05, 4.69) is 23.4 Å². The molecule has 18 nitrogen and oxygen atoms in total. The molecule has 0 bridgehead atoms. The molecule has 2 rings (SSSR count). The second-order valence-corrected chi connectivity index (χ2v) is 9.92. The number of ether oxygens (including phenoxy) is 1. The first-order valence-electron chi connectivity index (χ1n) is 9.27. The normalized spacial score (nSPS) is 29.2. The Balaban J connectivity index is 1.90. The second-order valence-electron chi connectivity index (χ2n) is 7.28. The summed E-state index contributed by atoms with van der Waals surface area (Å²) in [6, 6.07) is 1.22. The van der Waals surface area contributed by atoms with Crippen molar-refractivity contribution in [3.8, 4) is 0 Å². The van der Waals surface area contributed by atoms with Gasteiger partial charge in [-0.3, -0.25) is 13.7 Å². The van der Waals surface area contributed by atoms with Crippen molar-refractivity contribution in [3.05, 3.63) is 22.7 Å². The highest BCUT2D eigenvalue weighted by Gasteiger charge is 2.45. The molecule has 1 aliphatic heterocycles. The number of hydrogen-bond donors (Lipinski definition) is 7. The third kappa shape index (κ3) is 7.58. The number of aromatic nitrogens is 2. The first-order chi connectivity index (χ1) is 15.6. The number of nitrogens with two attached hydrogens (primary N) is 1. The maximum atomic E-state index is 11.9. The van der Waals surface area contributed by atoms with Gasteiger partial charge >= 0.3 is 13.5 Å². The summed E-state index contributed by atoms with van der Waals surface area (Å²) in [7, 11) is -10.7. The number of anilines is 1. The van der Waals surface area contributed by atoms with Gasteiger partial charge in [-0.25, -0.2) is 9.36 Å². The van der Waals surface area contributed by atoms with Crippen molar-refractivity contribution in [2.45, 2.75) is 43.2 Å². The highest BCUT2D eigenvalue weighted by molar-refractivity contribution is 7.49. The van der Waals surface area contributed by atoms with E-state index in [0.717, 1.165) is 17.7 Å². The van der Waals surface area contributed by atoms with Gasteiger partial charge in [-0.1, -0.05) is 0 Å². The molecule has 0 aromatic carbocycles. The van der Waals surface area contributed by atoms with Crippen LogP contribution in [0.4, 0.5) is 5.82 Å². The van der Waals surface area contributed by atoms with Crippen LogP contribution in [0.1, 0.15) is 13.2 Å². The molecule has 0 amide bonds. The van der Waals surface area contributed by atoms with Gasteiger partial charge in [0, 0.05) is 6.20 Å². The van der Waals surface area contributed by atoms with Crippen molar-refractivity contribution in [1.29, 1.82) is 0 Å². The van der Waals surface area contributed by atoms with Gasteiger partial charge in [-0.05, 0) is 13.0 Å². The van der Waals surface area contributed by atoms with Crippen LogP contribution in [0.15, 0.2) is 17.1 Å². The Kier molecular flexibility index (Phi) is 9.48. The SMILES string of the molecule is C[C@](O)(CO)[C@H](O)COP(=O)([O-])OOP(=O)(O)OC[C@@H]1O[C@H](n2ccc(N)nc2=O)[C@@H](O)[C@H]1O. The van der Waals surface area contributed by atoms with E-state index in [4.69, 9.17) is 15.6 Å². The van der Waals surface area contributed by atoms with Gasteiger partial charge in [0.15, 0.2) is 6.23 Å². The van der Waals surface area contributed by atoms with Crippen LogP contribution in [0.5, 0.6) is 0 Å². The molecule has 0 radical (unpaired) electrons. The molecule has 20 heteroatoms. The van der Waals surface area contributed by atoms with E-state index in [9.17, 15) is 44.1 Å². The number of nitrogen functional groups attached to an aromatic ring is 1. The van der Waals surface area contributed by atoms with Crippen LogP contribution in [0.2, 0.25) is 0 Å². The highest BCUT2D eigenvalue weighted by Crippen LogP contribution is 2.51. The van der Waals surface area contributed by atoms with Crippen LogP contribution in [0.3, 0.4) is 0 Å². The van der Waals surface area contributed by atoms with E-state index in [1.165, 1.54) is 6.07 Å². The van der Waals surface area contributed by atoms with Gasteiger partial charge in [0.1, 0.15) is 35.8 Å². The second kappa shape index (κ2) is 11.2. The average Bonchev–Trinajstić information content (AvgIpc) is 3.03. The molecule has 1 aliphatic rings. The van der Waals surface area contributed by atoms with Crippen LogP contribution in [0.25, 0.3) is 0 Å². The Bertz CT molecular complexity index is 989. The number of aliphatic hydroxyl groups excluding tert-OH is 4. The average molecular weight is 536 g/mol. The predicted molar refractivity (Wildman–Crippen MR) is 104 cm³/mol. The van der Waals surface area contributed by atoms with E-state index < -0.39 is 77.4 Å². The Labute approximate surface area is 190 Å². The molecule has 196 valence electrons. The van der Waals surface area contributed by atoms with E-state index >= 15 is 0 Å². The summed E-state index contributed by atoms with van der Waals surface area (Å²) in [6.45, 7) is -2.00. The van der Waals surface area contributed by atoms with Gasteiger partial charge in [-0.2, -0.15) is 9.66 Å². The molecular weight excluding hydrogens is 512 g/mol. The standard InChI is InChI=1S/C14H25N3O15P2/c1-14(23,6-18)8(19)5-29-34(26,27)32-31-33(24,25)28-4-7-10(20)11(21)12(30-7)17-3-2-9(15)16-13(17)22/h2-3,7-8,10-12,18-21,23H,4-6H2,1H3,(H,24,25)(H,26,27)(H2,15,16,22)/p-1/t7-,8+,10-,11-,12-,14-/m0/s1. The predicted octanol–water partition coefficient (Wildman–Crippen LogP) is -3.90. The summed E-state index contributed by atoms with van der Waals surface area (Å²) in [5.74, 6) is -0.111. The Hall–Kier alpha value is -1.34. The van der Waals surface area contributed by atoms with Gasteiger partial charge in [0.05, 0.1) is 19.8 Å². The Morgan fingerprint density at radius 2 is 1.97 bits per heavy atom. The Morgan fingerprint density at radius 3 is 2.56 bits per heavy atom. The fraction of sp³-hybridized carbons (Fsp3) is 0.714. The number of rotatable bonds is 12. The van der Waals surface area contributed by atoms with Crippen molar-refractivity contribution in [3.63, 3.8) is 0 Å². The van der Waals surface area contributed by atoms with Crippen molar-refractivity contribution in [1.82, 2.24) is 9.55 Å². The van der Waals surface area contributed by atoms with Crippen molar-refractivity contribution in [2.24, 2.45) is 0 Å². The molecular formula is C14H24N3O15P2-. The van der Waals surface area contributed by atoms with Gasteiger partial charge in [0.25, 0.3) is 7.82 Å². The van der Waals surface area contributed by atoms with Gasteiger partial charge in [-0.15, -0.1) is 4.67 Å². The fourth-order valence-electron chi connectivity index (χ4n) is 2.46. The van der Waals surface area contributed by atoms with Crippen LogP contribution in [0, 0.1) is 0 Å². The van der Waals surface area contributed by atoms with Crippen LogP contribution < -0.4 is 16.3 Å². The molecule has 8 atom stereocenters. The zero-order chi connectivity index (χ0) is 25.9. The van der Waals surface area contributed by atoms with Gasteiger partial charge in [0.2, 0.25) is 0 Å². The third-order valence-corrected chi connectivity index (χ3v) is 6.09. The molecule has 1 saturated heterocycles. The van der Waals surface area contributed by atoms with Crippen LogP contribution in [-0.2, 0) is 32.3 Å². The topological polar surface area (TPSA) is 286 Å². The summed E-state index contributed by atoms with van der Waals surface area (Å²) in [5, 5.41) is 48.1. The summed E-state index contributed by atoms with van der Waals surface area (Å²) in [6.07, 6.45) is -7.11. The number of phosphoric ester groups is 2. The Morgan fingerprint density at radius 1 is 1.32 bits per heavy atom. The minimum absolute atomic E-state index is 0.111. The van der Waals surface area contributed by atoms with Crippen molar-refractivity contribution >= 4 is 21.5 Å². The lowest BCUT2D eigenvalue weighted by Crippen LogP contribution is -2.45. The highest BCUT2D eigenvalue weighted by atomic mass is 31.2. The summed E-state index contributed by atoms with van der Waals surface area (Å²) >= 11 is 0. The maximum absolute atomic E-state index is 11.9. The van der Waals surface area contributed by atoms with E-state index in [1.807, 2.05) is 0 Å². The number of phosphoric acid groups is 2.